The van der Waals surface area contributed by atoms with Gasteiger partial charge in [-0.1, -0.05) is 38.0 Å². The van der Waals surface area contributed by atoms with Crippen molar-refractivity contribution in [1.29, 1.82) is 0 Å². The van der Waals surface area contributed by atoms with Crippen LogP contribution in [-0.2, 0) is 0 Å². The number of aliphatic hydroxyl groups is 1. The summed E-state index contributed by atoms with van der Waals surface area (Å²) in [5.74, 6) is 0.0878. The largest absolute Gasteiger partial charge is 0.388 e. The van der Waals surface area contributed by atoms with Gasteiger partial charge in [0.1, 0.15) is 0 Å². The Morgan fingerprint density at radius 2 is 2.04 bits per heavy atom. The van der Waals surface area contributed by atoms with Gasteiger partial charge in [0.25, 0.3) is 0 Å². The van der Waals surface area contributed by atoms with Gasteiger partial charge in [-0.3, -0.25) is 9.88 Å². The van der Waals surface area contributed by atoms with Crippen LogP contribution in [0.2, 0.25) is 0 Å². The van der Waals surface area contributed by atoms with Crippen molar-refractivity contribution in [3.8, 4) is 0 Å². The SMILES string of the molecule is CC(c1cnc2ccccc2c1)C1(O)CCCCC1N1CCNCC1. The highest BCUT2D eigenvalue weighted by molar-refractivity contribution is 5.78. The zero-order valence-corrected chi connectivity index (χ0v) is 15.1. The van der Waals surface area contributed by atoms with Crippen LogP contribution in [0.15, 0.2) is 36.5 Å². The van der Waals surface area contributed by atoms with Crippen LogP contribution in [0.1, 0.15) is 44.1 Å². The van der Waals surface area contributed by atoms with Crippen molar-refractivity contribution in [1.82, 2.24) is 15.2 Å². The predicted molar refractivity (Wildman–Crippen MR) is 102 cm³/mol. The van der Waals surface area contributed by atoms with Crippen LogP contribution in [0.4, 0.5) is 0 Å². The molecule has 2 fully saturated rings. The first-order valence-corrected chi connectivity index (χ1v) is 9.70. The van der Waals surface area contributed by atoms with E-state index in [1.165, 1.54) is 6.42 Å². The smallest absolute Gasteiger partial charge is 0.0868 e. The second-order valence-corrected chi connectivity index (χ2v) is 7.72. The van der Waals surface area contributed by atoms with E-state index in [0.29, 0.717) is 0 Å². The normalized spacial score (nSPS) is 29.6. The number of pyridine rings is 1. The minimum Gasteiger partial charge on any atom is -0.388 e. The van der Waals surface area contributed by atoms with Gasteiger partial charge in [0.2, 0.25) is 0 Å². The van der Waals surface area contributed by atoms with Gasteiger partial charge in [-0.15, -0.1) is 0 Å². The lowest BCUT2D eigenvalue weighted by atomic mass is 9.70. The summed E-state index contributed by atoms with van der Waals surface area (Å²) < 4.78 is 0. The minimum absolute atomic E-state index is 0.0878. The number of rotatable bonds is 3. The zero-order chi connectivity index (χ0) is 17.3. The third kappa shape index (κ3) is 3.19. The molecule has 4 nitrogen and oxygen atoms in total. The molecule has 1 aromatic heterocycles. The van der Waals surface area contributed by atoms with Gasteiger partial charge in [0, 0.05) is 49.7 Å². The molecule has 1 aromatic carbocycles. The standard InChI is InChI=1S/C21H29N3O/c1-16(18-14-17-6-2-3-7-19(17)23-15-18)21(25)9-5-4-8-20(21)24-12-10-22-11-13-24/h2-3,6-7,14-16,20,22,25H,4-5,8-13H2,1H3. The summed E-state index contributed by atoms with van der Waals surface area (Å²) in [6.45, 7) is 6.31. The zero-order valence-electron chi connectivity index (χ0n) is 15.1. The Bertz CT molecular complexity index is 728. The van der Waals surface area contributed by atoms with Gasteiger partial charge in [-0.25, -0.2) is 0 Å². The van der Waals surface area contributed by atoms with Gasteiger partial charge < -0.3 is 10.4 Å². The first-order chi connectivity index (χ1) is 12.2. The average molecular weight is 339 g/mol. The Morgan fingerprint density at radius 3 is 2.88 bits per heavy atom. The predicted octanol–water partition coefficient (Wildman–Crippen LogP) is 2.92. The molecule has 4 heteroatoms. The summed E-state index contributed by atoms with van der Waals surface area (Å²) in [5.41, 5.74) is 1.51. The number of nitrogens with one attached hydrogen (secondary N) is 1. The van der Waals surface area contributed by atoms with Crippen molar-refractivity contribution in [2.75, 3.05) is 26.2 Å². The number of hydrogen-bond acceptors (Lipinski definition) is 4. The van der Waals surface area contributed by atoms with E-state index in [4.69, 9.17) is 0 Å². The van der Waals surface area contributed by atoms with Gasteiger partial charge in [-0.2, -0.15) is 0 Å². The highest BCUT2D eigenvalue weighted by Crippen LogP contribution is 2.42. The van der Waals surface area contributed by atoms with Crippen molar-refractivity contribution >= 4 is 10.9 Å². The van der Waals surface area contributed by atoms with E-state index >= 15 is 0 Å². The van der Waals surface area contributed by atoms with E-state index in [9.17, 15) is 5.11 Å². The lowest BCUT2D eigenvalue weighted by molar-refractivity contribution is -0.0914. The number of piperazine rings is 1. The summed E-state index contributed by atoms with van der Waals surface area (Å²) in [5, 5.41) is 16.4. The molecule has 2 N–H and O–H groups in total. The maximum atomic E-state index is 11.8. The molecule has 0 amide bonds. The van der Waals surface area contributed by atoms with Crippen molar-refractivity contribution in [3.05, 3.63) is 42.1 Å². The van der Waals surface area contributed by atoms with Gasteiger partial charge in [0.15, 0.2) is 0 Å². The second kappa shape index (κ2) is 7.02. The molecule has 0 bridgehead atoms. The van der Waals surface area contributed by atoms with Crippen molar-refractivity contribution in [3.63, 3.8) is 0 Å². The molecule has 2 aromatic rings. The fourth-order valence-corrected chi connectivity index (χ4v) is 4.77. The molecule has 3 unspecified atom stereocenters. The first-order valence-electron chi connectivity index (χ1n) is 9.70. The van der Waals surface area contributed by atoms with E-state index in [-0.39, 0.29) is 12.0 Å². The van der Waals surface area contributed by atoms with Gasteiger partial charge >= 0.3 is 0 Å². The third-order valence-corrected chi connectivity index (χ3v) is 6.34. The average Bonchev–Trinajstić information content (AvgIpc) is 2.68. The summed E-state index contributed by atoms with van der Waals surface area (Å²) >= 11 is 0. The number of fused-ring (bicyclic) bond motifs is 1. The quantitative estimate of drug-likeness (QED) is 0.903. The number of benzene rings is 1. The highest BCUT2D eigenvalue weighted by atomic mass is 16.3. The molecule has 0 radical (unpaired) electrons. The van der Waals surface area contributed by atoms with Crippen LogP contribution < -0.4 is 5.32 Å². The van der Waals surface area contributed by atoms with E-state index in [1.807, 2.05) is 18.3 Å². The Morgan fingerprint density at radius 1 is 1.24 bits per heavy atom. The molecule has 1 saturated heterocycles. The third-order valence-electron chi connectivity index (χ3n) is 6.34. The highest BCUT2D eigenvalue weighted by Gasteiger charge is 2.46. The van der Waals surface area contributed by atoms with Crippen molar-refractivity contribution in [2.24, 2.45) is 0 Å². The number of aromatic nitrogens is 1. The molecular formula is C21H29N3O. The van der Waals surface area contributed by atoms with Crippen LogP contribution in [0, 0.1) is 0 Å². The molecule has 1 saturated carbocycles. The van der Waals surface area contributed by atoms with Crippen LogP contribution in [0.3, 0.4) is 0 Å². The van der Waals surface area contributed by atoms with E-state index in [1.54, 1.807) is 0 Å². The molecule has 2 aliphatic rings. The topological polar surface area (TPSA) is 48.4 Å². The molecule has 1 aliphatic heterocycles. The Hall–Kier alpha value is -1.49. The minimum atomic E-state index is -0.667. The molecule has 25 heavy (non-hydrogen) atoms. The summed E-state index contributed by atoms with van der Waals surface area (Å²) in [6.07, 6.45) is 6.29. The maximum Gasteiger partial charge on any atom is 0.0868 e. The molecule has 4 rings (SSSR count). The molecule has 1 aliphatic carbocycles. The summed E-state index contributed by atoms with van der Waals surface area (Å²) in [7, 11) is 0. The Labute approximate surface area is 150 Å². The summed E-state index contributed by atoms with van der Waals surface area (Å²) in [6, 6.07) is 10.7. The van der Waals surface area contributed by atoms with E-state index in [0.717, 1.165) is 61.9 Å². The summed E-state index contributed by atoms with van der Waals surface area (Å²) in [4.78, 5) is 7.15. The van der Waals surface area contributed by atoms with Crippen molar-refractivity contribution in [2.45, 2.75) is 50.2 Å². The first kappa shape index (κ1) is 17.0. The molecule has 3 atom stereocenters. The number of hydrogen-bond donors (Lipinski definition) is 2. The van der Waals surface area contributed by atoms with E-state index < -0.39 is 5.60 Å². The Balaban J connectivity index is 1.65. The van der Waals surface area contributed by atoms with Crippen LogP contribution >= 0.6 is 0 Å². The van der Waals surface area contributed by atoms with Crippen LogP contribution in [0.5, 0.6) is 0 Å². The lowest BCUT2D eigenvalue weighted by Crippen LogP contribution is -2.60. The number of para-hydroxylation sites is 1. The Kier molecular flexibility index (Phi) is 4.76. The van der Waals surface area contributed by atoms with E-state index in [2.05, 4.69) is 40.3 Å². The molecule has 2 heterocycles. The van der Waals surface area contributed by atoms with Gasteiger partial charge in [0.05, 0.1) is 11.1 Å². The lowest BCUT2D eigenvalue weighted by Gasteiger charge is -2.50. The fourth-order valence-electron chi connectivity index (χ4n) is 4.77. The number of nitrogens with zero attached hydrogens (tertiary/aromatic N) is 2. The van der Waals surface area contributed by atoms with Crippen LogP contribution in [0.25, 0.3) is 10.9 Å². The molecule has 134 valence electrons. The van der Waals surface area contributed by atoms with Gasteiger partial charge in [-0.05, 0) is 30.5 Å². The maximum absolute atomic E-state index is 11.8. The van der Waals surface area contributed by atoms with Crippen molar-refractivity contribution < 1.29 is 5.11 Å². The fraction of sp³-hybridized carbons (Fsp3) is 0.571. The second-order valence-electron chi connectivity index (χ2n) is 7.72. The monoisotopic (exact) mass is 339 g/mol. The van der Waals surface area contributed by atoms with Crippen LogP contribution in [-0.4, -0.2) is 52.8 Å². The molecular weight excluding hydrogens is 310 g/mol. The molecule has 0 spiro atoms.